The number of fused-ring (bicyclic) bond motifs is 3. The molecule has 2 atom stereocenters. The van der Waals surface area contributed by atoms with E-state index in [1.165, 1.54) is 0 Å². The van der Waals surface area contributed by atoms with Crippen molar-refractivity contribution in [2.45, 2.75) is 31.7 Å². The average molecular weight is 377 g/mol. The molecule has 0 spiro atoms. The summed E-state index contributed by atoms with van der Waals surface area (Å²) in [6, 6.07) is 5.52. The maximum absolute atomic E-state index is 12.6. The van der Waals surface area contributed by atoms with Gasteiger partial charge in [-0.25, -0.2) is 0 Å². The molecule has 23 heavy (non-hydrogen) atoms. The average Bonchev–Trinajstić information content (AvgIpc) is 3.18. The molecule has 2 amide bonds. The third kappa shape index (κ3) is 2.36. The Hall–Kier alpha value is -1.82. The Morgan fingerprint density at radius 1 is 1.52 bits per heavy atom. The van der Waals surface area contributed by atoms with Crippen LogP contribution in [0, 0.1) is 12.8 Å². The van der Waals surface area contributed by atoms with Crippen LogP contribution in [0.2, 0.25) is 0 Å². The minimum Gasteiger partial charge on any atom is -0.460 e. The van der Waals surface area contributed by atoms with Gasteiger partial charge in [0.1, 0.15) is 11.3 Å². The Morgan fingerprint density at radius 3 is 3.04 bits per heavy atom. The molecule has 6 heteroatoms. The summed E-state index contributed by atoms with van der Waals surface area (Å²) in [5.41, 5.74) is 0.850. The molecule has 120 valence electrons. The van der Waals surface area contributed by atoms with Gasteiger partial charge in [0.2, 0.25) is 5.91 Å². The number of hydrogen-bond donors (Lipinski definition) is 2. The Kier molecular flexibility index (Phi) is 3.27. The highest BCUT2D eigenvalue weighted by molar-refractivity contribution is 9.10. The molecule has 4 rings (SSSR count). The van der Waals surface area contributed by atoms with Gasteiger partial charge in [-0.1, -0.05) is 15.9 Å². The Bertz CT molecular complexity index is 829. The maximum Gasteiger partial charge on any atom is 0.255 e. The van der Waals surface area contributed by atoms with Gasteiger partial charge in [0.25, 0.3) is 5.91 Å². The second-order valence-corrected chi connectivity index (χ2v) is 7.44. The number of amides is 2. The molecule has 1 aliphatic carbocycles. The van der Waals surface area contributed by atoms with Gasteiger partial charge < -0.3 is 15.1 Å². The van der Waals surface area contributed by atoms with E-state index in [1.807, 2.05) is 19.1 Å². The minimum atomic E-state index is -0.259. The van der Waals surface area contributed by atoms with E-state index in [0.717, 1.165) is 34.9 Å². The van der Waals surface area contributed by atoms with Crippen molar-refractivity contribution < 1.29 is 14.0 Å². The van der Waals surface area contributed by atoms with Crippen LogP contribution in [0.15, 0.2) is 27.1 Å². The fourth-order valence-electron chi connectivity index (χ4n) is 3.77. The van der Waals surface area contributed by atoms with Crippen LogP contribution in [-0.2, 0) is 4.79 Å². The topological polar surface area (TPSA) is 71.3 Å². The Balaban J connectivity index is 1.56. The van der Waals surface area contributed by atoms with E-state index in [9.17, 15) is 9.59 Å². The number of furan rings is 1. The molecule has 2 heterocycles. The first kappa shape index (κ1) is 14.8. The molecule has 2 fully saturated rings. The lowest BCUT2D eigenvalue weighted by atomic mass is 9.99. The number of carbonyl (C=O) groups is 2. The first-order valence-corrected chi connectivity index (χ1v) is 8.56. The molecule has 1 saturated carbocycles. The molecule has 5 nitrogen and oxygen atoms in total. The van der Waals surface area contributed by atoms with Crippen LogP contribution in [0.4, 0.5) is 0 Å². The molecule has 2 N–H and O–H groups in total. The molecular weight excluding hydrogens is 360 g/mol. The first-order chi connectivity index (χ1) is 11.0. The standard InChI is InChI=1S/C17H17BrN2O3/c1-9-6-12-13(18)3-2-11(14(12)23-9)16(22)19-8-17-5-4-10(7-17)15(21)20-17/h2-3,6,10H,4-5,7-8H2,1H3,(H,19,22)(H,20,21). The number of rotatable bonds is 3. The van der Waals surface area contributed by atoms with Crippen molar-refractivity contribution in [3.63, 3.8) is 0 Å². The summed E-state index contributed by atoms with van der Waals surface area (Å²) in [7, 11) is 0. The van der Waals surface area contributed by atoms with Crippen molar-refractivity contribution in [3.05, 3.63) is 34.0 Å². The van der Waals surface area contributed by atoms with Gasteiger partial charge in [0.15, 0.2) is 0 Å². The fraction of sp³-hybridized carbons (Fsp3) is 0.412. The van der Waals surface area contributed by atoms with Gasteiger partial charge in [-0.2, -0.15) is 0 Å². The molecule has 1 saturated heterocycles. The summed E-state index contributed by atoms with van der Waals surface area (Å²) >= 11 is 3.48. The van der Waals surface area contributed by atoms with Crippen LogP contribution in [0.3, 0.4) is 0 Å². The molecule has 1 aromatic carbocycles. The normalized spacial score (nSPS) is 25.8. The Morgan fingerprint density at radius 2 is 2.35 bits per heavy atom. The highest BCUT2D eigenvalue weighted by Gasteiger charge is 2.49. The molecule has 0 radical (unpaired) electrons. The Labute approximate surface area is 141 Å². The number of halogens is 1. The van der Waals surface area contributed by atoms with Crippen molar-refractivity contribution in [3.8, 4) is 0 Å². The SMILES string of the molecule is Cc1cc2c(Br)ccc(C(=O)NCC34CCC(C3)C(=O)N4)c2o1. The second kappa shape index (κ2) is 5.09. The van der Waals surface area contributed by atoms with Crippen molar-refractivity contribution in [1.82, 2.24) is 10.6 Å². The summed E-state index contributed by atoms with van der Waals surface area (Å²) in [4.78, 5) is 24.3. The summed E-state index contributed by atoms with van der Waals surface area (Å²) in [6.07, 6.45) is 2.67. The third-order valence-corrected chi connectivity index (χ3v) is 5.64. The molecule has 2 unspecified atom stereocenters. The highest BCUT2D eigenvalue weighted by atomic mass is 79.9. The van der Waals surface area contributed by atoms with Gasteiger partial charge in [-0.15, -0.1) is 0 Å². The van der Waals surface area contributed by atoms with E-state index >= 15 is 0 Å². The highest BCUT2D eigenvalue weighted by Crippen LogP contribution is 2.40. The first-order valence-electron chi connectivity index (χ1n) is 7.76. The number of aryl methyl sites for hydroxylation is 1. The zero-order valence-corrected chi connectivity index (χ0v) is 14.3. The van der Waals surface area contributed by atoms with Gasteiger partial charge in [0.05, 0.1) is 11.1 Å². The number of hydrogen-bond acceptors (Lipinski definition) is 3. The quantitative estimate of drug-likeness (QED) is 0.864. The van der Waals surface area contributed by atoms with Crippen LogP contribution >= 0.6 is 15.9 Å². The lowest BCUT2D eigenvalue weighted by molar-refractivity contribution is -0.124. The second-order valence-electron chi connectivity index (χ2n) is 6.59. The van der Waals surface area contributed by atoms with E-state index in [-0.39, 0.29) is 23.3 Å². The lowest BCUT2D eigenvalue weighted by Crippen LogP contribution is -2.51. The zero-order valence-electron chi connectivity index (χ0n) is 12.7. The van der Waals surface area contributed by atoms with Crippen molar-refractivity contribution in [1.29, 1.82) is 0 Å². The van der Waals surface area contributed by atoms with Crippen LogP contribution in [0.25, 0.3) is 11.0 Å². The van der Waals surface area contributed by atoms with Crippen LogP contribution in [0.5, 0.6) is 0 Å². The van der Waals surface area contributed by atoms with E-state index in [4.69, 9.17) is 4.42 Å². The molecule has 2 aromatic rings. The van der Waals surface area contributed by atoms with E-state index in [2.05, 4.69) is 26.6 Å². The van der Waals surface area contributed by atoms with Crippen LogP contribution in [-0.4, -0.2) is 23.9 Å². The maximum atomic E-state index is 12.6. The minimum absolute atomic E-state index is 0.123. The number of piperidine rings is 1. The van der Waals surface area contributed by atoms with Crippen molar-refractivity contribution in [2.75, 3.05) is 6.54 Å². The van der Waals surface area contributed by atoms with Crippen molar-refractivity contribution in [2.24, 2.45) is 5.92 Å². The largest absolute Gasteiger partial charge is 0.460 e. The molecular formula is C17H17BrN2O3. The number of nitrogens with one attached hydrogen (secondary N) is 2. The predicted molar refractivity (Wildman–Crippen MR) is 89.2 cm³/mol. The van der Waals surface area contributed by atoms with Crippen LogP contribution < -0.4 is 10.6 Å². The van der Waals surface area contributed by atoms with Gasteiger partial charge in [-0.3, -0.25) is 9.59 Å². The zero-order chi connectivity index (χ0) is 16.2. The monoisotopic (exact) mass is 376 g/mol. The summed E-state index contributed by atoms with van der Waals surface area (Å²) in [6.45, 7) is 2.32. The molecule has 2 bridgehead atoms. The van der Waals surface area contributed by atoms with E-state index < -0.39 is 0 Å². The molecule has 2 aliphatic rings. The lowest BCUT2D eigenvalue weighted by Gasteiger charge is -2.27. The number of benzene rings is 1. The fourth-order valence-corrected chi connectivity index (χ4v) is 4.20. The smallest absolute Gasteiger partial charge is 0.255 e. The van der Waals surface area contributed by atoms with Gasteiger partial charge in [-0.05, 0) is 44.4 Å². The molecule has 1 aromatic heterocycles. The number of carbonyl (C=O) groups excluding carboxylic acids is 2. The summed E-state index contributed by atoms with van der Waals surface area (Å²) in [5, 5.41) is 6.90. The third-order valence-electron chi connectivity index (χ3n) is 4.95. The van der Waals surface area contributed by atoms with Gasteiger partial charge >= 0.3 is 0 Å². The van der Waals surface area contributed by atoms with E-state index in [0.29, 0.717) is 17.7 Å². The van der Waals surface area contributed by atoms with Gasteiger partial charge in [0, 0.05) is 22.3 Å². The predicted octanol–water partition coefficient (Wildman–Crippen LogP) is 2.90. The summed E-state index contributed by atoms with van der Waals surface area (Å²) < 4.78 is 6.59. The van der Waals surface area contributed by atoms with Crippen molar-refractivity contribution >= 4 is 38.7 Å². The van der Waals surface area contributed by atoms with Crippen LogP contribution in [0.1, 0.15) is 35.4 Å². The summed E-state index contributed by atoms with van der Waals surface area (Å²) in [5.74, 6) is 0.842. The molecule has 1 aliphatic heterocycles. The van der Waals surface area contributed by atoms with E-state index in [1.54, 1.807) is 6.07 Å².